The van der Waals surface area contributed by atoms with Gasteiger partial charge in [0.25, 0.3) is 0 Å². The van der Waals surface area contributed by atoms with E-state index in [9.17, 15) is 0 Å². The quantitative estimate of drug-likeness (QED) is 0.163. The highest BCUT2D eigenvalue weighted by Crippen LogP contribution is 2.39. The van der Waals surface area contributed by atoms with Gasteiger partial charge in [0.05, 0.1) is 22.4 Å². The monoisotopic (exact) mass is 1190 g/mol. The average molecular weight is 1190 g/mol. The van der Waals surface area contributed by atoms with Gasteiger partial charge in [0.2, 0.25) is 23.6 Å². The first kappa shape index (κ1) is 51.1. The zero-order chi connectivity index (χ0) is 57.8. The molecule has 0 fully saturated rings. The van der Waals surface area contributed by atoms with Gasteiger partial charge in [0, 0.05) is 88.5 Å². The number of oxazole rings is 4. The normalized spacial score (nSPS) is 11.5. The Labute approximate surface area is 503 Å². The summed E-state index contributed by atoms with van der Waals surface area (Å²) in [7, 11) is 0. The lowest BCUT2D eigenvalue weighted by Crippen LogP contribution is -1.94. The first-order valence-electron chi connectivity index (χ1n) is 28.2. The standard InChI is InChI=1S/C37H22N4O2.C26H15N3O2.C11H8BrN/c1-3-10-34-30(8-1)39-36(42-34)24-14-18-32-27(21-24)28-22-25(37-40-31-9-2-4-11-35(31)43-37)15-19-33(28)41(32)26-16-12-23(13-17-26)29-7-5-6-20-38-29;1-3-7-23-21(5-1)28-25(30-23)15-9-11-19-17(13-15)18-14-16(10-12-20(18)27-19)26-29-22-6-2-4-8-24(22)31-26;12-10-6-4-9(5-7-10)11-3-1-2-8-13-11/h1-22H;1-14,27H;1-8H. The number of benzene rings is 10. The van der Waals surface area contributed by atoms with Crippen LogP contribution in [0, 0.1) is 0 Å². The van der Waals surface area contributed by atoms with Gasteiger partial charge >= 0.3 is 0 Å². The Morgan fingerprint density at radius 1 is 0.310 bits per heavy atom. The van der Waals surface area contributed by atoms with Crippen LogP contribution in [0.5, 0.6) is 0 Å². The Bertz CT molecular complexity index is 5160. The molecule has 12 nitrogen and oxygen atoms in total. The van der Waals surface area contributed by atoms with Crippen LogP contribution in [0.25, 0.3) is 162 Å². The lowest BCUT2D eigenvalue weighted by atomic mass is 10.1. The minimum Gasteiger partial charge on any atom is -0.436 e. The van der Waals surface area contributed by atoms with Gasteiger partial charge in [0.1, 0.15) is 22.1 Å². The van der Waals surface area contributed by atoms with Crippen molar-refractivity contribution in [2.75, 3.05) is 0 Å². The van der Waals surface area contributed by atoms with Gasteiger partial charge < -0.3 is 27.2 Å². The predicted molar refractivity (Wildman–Crippen MR) is 349 cm³/mol. The summed E-state index contributed by atoms with van der Waals surface area (Å²) in [6.07, 6.45) is 3.62. The average Bonchev–Trinajstić information content (AvgIpc) is 2.46. The van der Waals surface area contributed by atoms with E-state index in [2.05, 4.69) is 130 Å². The predicted octanol–water partition coefficient (Wildman–Crippen LogP) is 19.9. The fourth-order valence-corrected chi connectivity index (χ4v) is 11.4. The molecule has 87 heavy (non-hydrogen) atoms. The van der Waals surface area contributed by atoms with E-state index in [1.165, 1.54) is 0 Å². The highest BCUT2D eigenvalue weighted by molar-refractivity contribution is 9.10. The Morgan fingerprint density at radius 2 is 0.644 bits per heavy atom. The lowest BCUT2D eigenvalue weighted by Gasteiger charge is -2.09. The molecule has 8 aromatic heterocycles. The summed E-state index contributed by atoms with van der Waals surface area (Å²) in [6.45, 7) is 0. The van der Waals surface area contributed by atoms with E-state index in [1.54, 1.807) is 6.20 Å². The number of fused-ring (bicyclic) bond motifs is 10. The molecule has 0 unspecified atom stereocenters. The number of nitrogens with zero attached hydrogens (tertiary/aromatic N) is 7. The van der Waals surface area contributed by atoms with Crippen LogP contribution in [0.2, 0.25) is 0 Å². The molecular formula is C74H45BrN8O4. The second kappa shape index (κ2) is 21.6. The molecule has 0 bridgehead atoms. The van der Waals surface area contributed by atoms with Crippen molar-refractivity contribution < 1.29 is 17.7 Å². The number of hydrogen-bond acceptors (Lipinski definition) is 10. The first-order chi connectivity index (χ1) is 43.0. The summed E-state index contributed by atoms with van der Waals surface area (Å²) in [6, 6.07) is 85.0. The van der Waals surface area contributed by atoms with E-state index in [-0.39, 0.29) is 0 Å². The zero-order valence-electron chi connectivity index (χ0n) is 46.0. The maximum absolute atomic E-state index is 6.14. The van der Waals surface area contributed by atoms with E-state index < -0.39 is 0 Å². The highest BCUT2D eigenvalue weighted by Gasteiger charge is 2.19. The second-order valence-electron chi connectivity index (χ2n) is 20.9. The molecule has 0 amide bonds. The molecule has 8 heterocycles. The van der Waals surface area contributed by atoms with Crippen molar-refractivity contribution in [3.8, 4) is 74.0 Å². The summed E-state index contributed by atoms with van der Waals surface area (Å²) >= 11 is 3.40. The molecule has 0 radical (unpaired) electrons. The molecule has 1 N–H and O–H groups in total. The molecule has 412 valence electrons. The summed E-state index contributed by atoms with van der Waals surface area (Å²) in [5, 5.41) is 4.38. The van der Waals surface area contributed by atoms with Crippen LogP contribution in [0.3, 0.4) is 0 Å². The zero-order valence-corrected chi connectivity index (χ0v) is 47.6. The highest BCUT2D eigenvalue weighted by atomic mass is 79.9. The molecule has 0 saturated carbocycles. The van der Waals surface area contributed by atoms with E-state index in [4.69, 9.17) is 27.6 Å². The Hall–Kier alpha value is -11.5. The third-order valence-electron chi connectivity index (χ3n) is 15.4. The summed E-state index contributed by atoms with van der Waals surface area (Å²) in [5.74, 6) is 2.43. The summed E-state index contributed by atoms with van der Waals surface area (Å²) in [5.41, 5.74) is 19.7. The van der Waals surface area contributed by atoms with Crippen molar-refractivity contribution in [3.05, 3.63) is 272 Å². The molecule has 0 saturated heterocycles. The van der Waals surface area contributed by atoms with Gasteiger partial charge in [-0.05, 0) is 170 Å². The molecule has 0 aliphatic heterocycles. The number of nitrogens with one attached hydrogen (secondary N) is 1. The maximum atomic E-state index is 6.14. The number of pyridine rings is 2. The van der Waals surface area contributed by atoms with Crippen molar-refractivity contribution in [2.24, 2.45) is 0 Å². The Kier molecular flexibility index (Phi) is 12.7. The second-order valence-corrected chi connectivity index (χ2v) is 21.8. The number of halogens is 1. The molecule has 13 heteroatoms. The van der Waals surface area contributed by atoms with Crippen LogP contribution < -0.4 is 0 Å². The minimum absolute atomic E-state index is 0.596. The Balaban J connectivity index is 0.000000121. The van der Waals surface area contributed by atoms with E-state index in [0.29, 0.717) is 23.6 Å². The number of aromatic amines is 1. The van der Waals surface area contributed by atoms with Crippen molar-refractivity contribution in [3.63, 3.8) is 0 Å². The summed E-state index contributed by atoms with van der Waals surface area (Å²) < 4.78 is 27.6. The van der Waals surface area contributed by atoms with Crippen molar-refractivity contribution in [1.82, 2.24) is 39.5 Å². The van der Waals surface area contributed by atoms with Crippen molar-refractivity contribution in [2.45, 2.75) is 0 Å². The van der Waals surface area contributed by atoms with Gasteiger partial charge in [-0.1, -0.05) is 101 Å². The van der Waals surface area contributed by atoms with Gasteiger partial charge in [-0.2, -0.15) is 0 Å². The fraction of sp³-hybridized carbons (Fsp3) is 0. The number of rotatable bonds is 7. The van der Waals surface area contributed by atoms with Crippen LogP contribution in [0.15, 0.2) is 289 Å². The molecule has 18 aromatic rings. The van der Waals surface area contributed by atoms with Crippen LogP contribution in [0.4, 0.5) is 0 Å². The van der Waals surface area contributed by atoms with E-state index in [0.717, 1.165) is 143 Å². The number of aromatic nitrogens is 8. The largest absolute Gasteiger partial charge is 0.436 e. The van der Waals surface area contributed by atoms with Crippen LogP contribution in [-0.2, 0) is 0 Å². The van der Waals surface area contributed by atoms with E-state index >= 15 is 0 Å². The fourth-order valence-electron chi connectivity index (χ4n) is 11.2. The topological polar surface area (TPSA) is 151 Å². The minimum atomic E-state index is 0.596. The molecule has 0 aliphatic rings. The SMILES string of the molecule is Brc1ccc(-c2ccccn2)cc1.c1ccc(-c2ccc(-n3c4ccc(-c5nc6ccccc6o5)cc4c4cc(-c5nc6ccccc6o5)ccc43)cc2)nc1.c1ccc2oc(-c3ccc4[nH]c5ccc(-c6nc7ccccc7o6)cc5c4c3)nc2c1. The molecule has 0 spiro atoms. The van der Waals surface area contributed by atoms with Crippen LogP contribution >= 0.6 is 15.9 Å². The van der Waals surface area contributed by atoms with Gasteiger partial charge in [-0.3, -0.25) is 9.97 Å². The van der Waals surface area contributed by atoms with Gasteiger partial charge in [-0.15, -0.1) is 0 Å². The molecule has 0 atom stereocenters. The molecule has 0 aliphatic carbocycles. The smallest absolute Gasteiger partial charge is 0.227 e. The van der Waals surface area contributed by atoms with Gasteiger partial charge in [0.15, 0.2) is 22.3 Å². The van der Waals surface area contributed by atoms with Crippen LogP contribution in [-0.4, -0.2) is 39.5 Å². The third kappa shape index (κ3) is 9.73. The van der Waals surface area contributed by atoms with Gasteiger partial charge in [-0.25, -0.2) is 19.9 Å². The molecule has 10 aromatic carbocycles. The first-order valence-corrected chi connectivity index (χ1v) is 29.0. The van der Waals surface area contributed by atoms with Crippen LogP contribution in [0.1, 0.15) is 0 Å². The van der Waals surface area contributed by atoms with Crippen molar-refractivity contribution >= 4 is 104 Å². The third-order valence-corrected chi connectivity index (χ3v) is 15.9. The van der Waals surface area contributed by atoms with E-state index in [1.807, 2.05) is 176 Å². The number of hydrogen-bond donors (Lipinski definition) is 1. The maximum Gasteiger partial charge on any atom is 0.227 e. The molecule has 18 rings (SSSR count). The summed E-state index contributed by atoms with van der Waals surface area (Å²) in [4.78, 5) is 31.1. The lowest BCUT2D eigenvalue weighted by molar-refractivity contribution is 0.619. The Morgan fingerprint density at radius 3 is 1.01 bits per heavy atom. The molecular weight excluding hydrogens is 1140 g/mol. The van der Waals surface area contributed by atoms with Crippen molar-refractivity contribution in [1.29, 1.82) is 0 Å². The number of para-hydroxylation sites is 8. The number of H-pyrrole nitrogens is 1.